The first-order chi connectivity index (χ1) is 11.9. The van der Waals surface area contributed by atoms with Crippen molar-refractivity contribution < 1.29 is 17.9 Å². The highest BCUT2D eigenvalue weighted by atomic mass is 32.2. The van der Waals surface area contributed by atoms with Crippen LogP contribution < -0.4 is 5.32 Å². The number of nitrogens with one attached hydrogen (secondary N) is 1. The SMILES string of the molecule is Cn1cc(C2CS(=O)(=O)CCN2C(=O)NCCOC2CCCC2)cn1. The number of hydrogen-bond acceptors (Lipinski definition) is 5. The van der Waals surface area contributed by atoms with Gasteiger partial charge in [0, 0.05) is 31.9 Å². The third-order valence-electron chi connectivity index (χ3n) is 4.84. The van der Waals surface area contributed by atoms with E-state index in [-0.39, 0.29) is 24.1 Å². The van der Waals surface area contributed by atoms with E-state index in [1.54, 1.807) is 29.0 Å². The summed E-state index contributed by atoms with van der Waals surface area (Å²) in [6.07, 6.45) is 8.32. The Kier molecular flexibility index (Phi) is 5.63. The third kappa shape index (κ3) is 4.72. The molecule has 1 N–H and O–H groups in total. The van der Waals surface area contributed by atoms with E-state index in [0.29, 0.717) is 19.3 Å². The smallest absolute Gasteiger partial charge is 0.318 e. The molecular formula is C16H26N4O4S. The van der Waals surface area contributed by atoms with E-state index in [2.05, 4.69) is 10.4 Å². The number of carbonyl (C=O) groups is 1. The maximum Gasteiger partial charge on any atom is 0.318 e. The lowest BCUT2D eigenvalue weighted by molar-refractivity contribution is 0.0603. The fraction of sp³-hybridized carbons (Fsp3) is 0.750. The zero-order valence-electron chi connectivity index (χ0n) is 14.6. The molecule has 9 heteroatoms. The van der Waals surface area contributed by atoms with Crippen molar-refractivity contribution in [2.24, 2.45) is 7.05 Å². The van der Waals surface area contributed by atoms with Crippen LogP contribution in [0.15, 0.2) is 12.4 Å². The molecular weight excluding hydrogens is 344 g/mol. The highest BCUT2D eigenvalue weighted by Crippen LogP contribution is 2.26. The van der Waals surface area contributed by atoms with Gasteiger partial charge in [0.05, 0.1) is 36.5 Å². The molecule has 1 aliphatic heterocycles. The maximum atomic E-state index is 12.5. The van der Waals surface area contributed by atoms with Crippen LogP contribution in [0.4, 0.5) is 4.79 Å². The lowest BCUT2D eigenvalue weighted by Crippen LogP contribution is -2.50. The van der Waals surface area contributed by atoms with Gasteiger partial charge >= 0.3 is 6.03 Å². The van der Waals surface area contributed by atoms with Crippen molar-refractivity contribution in [1.82, 2.24) is 20.0 Å². The summed E-state index contributed by atoms with van der Waals surface area (Å²) < 4.78 is 31.4. The average molecular weight is 370 g/mol. The fourth-order valence-electron chi connectivity index (χ4n) is 3.48. The maximum absolute atomic E-state index is 12.5. The molecule has 1 aromatic heterocycles. The Bertz CT molecular complexity index is 697. The summed E-state index contributed by atoms with van der Waals surface area (Å²) in [5, 5.41) is 6.95. The van der Waals surface area contributed by atoms with Gasteiger partial charge in [0.1, 0.15) is 0 Å². The van der Waals surface area contributed by atoms with Gasteiger partial charge in [-0.2, -0.15) is 5.10 Å². The van der Waals surface area contributed by atoms with Crippen molar-refractivity contribution in [2.75, 3.05) is 31.2 Å². The molecule has 8 nitrogen and oxygen atoms in total. The highest BCUT2D eigenvalue weighted by molar-refractivity contribution is 7.91. The van der Waals surface area contributed by atoms with Gasteiger partial charge in [-0.1, -0.05) is 12.8 Å². The van der Waals surface area contributed by atoms with Crippen LogP contribution in [0.5, 0.6) is 0 Å². The Labute approximate surface area is 148 Å². The molecule has 1 saturated carbocycles. The van der Waals surface area contributed by atoms with Crippen LogP contribution in [-0.2, 0) is 21.6 Å². The second-order valence-corrected chi connectivity index (χ2v) is 9.01. The van der Waals surface area contributed by atoms with Crippen LogP contribution in [0.25, 0.3) is 0 Å². The molecule has 2 heterocycles. The predicted octanol–water partition coefficient (Wildman–Crippen LogP) is 0.860. The summed E-state index contributed by atoms with van der Waals surface area (Å²) in [6, 6.07) is -0.748. The van der Waals surface area contributed by atoms with Gasteiger partial charge in [-0.05, 0) is 12.8 Å². The minimum absolute atomic E-state index is 0.00421. The largest absolute Gasteiger partial charge is 0.376 e. The minimum Gasteiger partial charge on any atom is -0.376 e. The van der Waals surface area contributed by atoms with Crippen LogP contribution in [0.1, 0.15) is 37.3 Å². The second kappa shape index (κ2) is 7.74. The Morgan fingerprint density at radius 1 is 1.40 bits per heavy atom. The molecule has 0 radical (unpaired) electrons. The zero-order valence-corrected chi connectivity index (χ0v) is 15.4. The Morgan fingerprint density at radius 3 is 2.84 bits per heavy atom. The topological polar surface area (TPSA) is 93.5 Å². The van der Waals surface area contributed by atoms with E-state index in [4.69, 9.17) is 4.74 Å². The summed E-state index contributed by atoms with van der Waals surface area (Å²) in [7, 11) is -1.39. The molecule has 2 aliphatic rings. The number of sulfone groups is 1. The van der Waals surface area contributed by atoms with Crippen LogP contribution in [0.2, 0.25) is 0 Å². The molecule has 0 bridgehead atoms. The van der Waals surface area contributed by atoms with Crippen molar-refractivity contribution in [3.05, 3.63) is 18.0 Å². The first kappa shape index (κ1) is 18.2. The van der Waals surface area contributed by atoms with Gasteiger partial charge in [-0.25, -0.2) is 13.2 Å². The lowest BCUT2D eigenvalue weighted by atomic mass is 10.1. The summed E-state index contributed by atoms with van der Waals surface area (Å²) in [5.41, 5.74) is 0.739. The Balaban J connectivity index is 1.56. The van der Waals surface area contributed by atoms with Gasteiger partial charge in [-0.3, -0.25) is 4.68 Å². The number of urea groups is 1. The molecule has 1 unspecified atom stereocenters. The molecule has 2 amide bonds. The number of hydrogen-bond donors (Lipinski definition) is 1. The molecule has 0 spiro atoms. The molecule has 3 rings (SSSR count). The zero-order chi connectivity index (χ0) is 17.9. The van der Waals surface area contributed by atoms with Crippen LogP contribution in [0.3, 0.4) is 0 Å². The summed E-state index contributed by atoms with van der Waals surface area (Å²) >= 11 is 0. The highest BCUT2D eigenvalue weighted by Gasteiger charge is 2.35. The molecule has 1 aromatic rings. The molecule has 1 saturated heterocycles. The number of amides is 2. The van der Waals surface area contributed by atoms with E-state index < -0.39 is 15.9 Å². The van der Waals surface area contributed by atoms with Crippen LogP contribution in [0, 0.1) is 0 Å². The van der Waals surface area contributed by atoms with Crippen molar-refractivity contribution in [3.8, 4) is 0 Å². The van der Waals surface area contributed by atoms with E-state index in [1.165, 1.54) is 12.8 Å². The molecule has 25 heavy (non-hydrogen) atoms. The van der Waals surface area contributed by atoms with Gasteiger partial charge < -0.3 is 15.0 Å². The van der Waals surface area contributed by atoms with Gasteiger partial charge in [0.25, 0.3) is 0 Å². The summed E-state index contributed by atoms with van der Waals surface area (Å²) in [5.74, 6) is -0.0690. The Morgan fingerprint density at radius 2 is 2.16 bits per heavy atom. The van der Waals surface area contributed by atoms with E-state index in [0.717, 1.165) is 18.4 Å². The lowest BCUT2D eigenvalue weighted by Gasteiger charge is -2.35. The summed E-state index contributed by atoms with van der Waals surface area (Å²) in [6.45, 7) is 1.11. The monoisotopic (exact) mass is 370 g/mol. The normalized spacial score (nSPS) is 23.7. The molecule has 1 aliphatic carbocycles. The molecule has 0 aromatic carbocycles. The Hall–Kier alpha value is -1.61. The summed E-state index contributed by atoms with van der Waals surface area (Å²) in [4.78, 5) is 14.1. The van der Waals surface area contributed by atoms with Crippen molar-refractivity contribution in [2.45, 2.75) is 37.8 Å². The number of aromatic nitrogens is 2. The van der Waals surface area contributed by atoms with Gasteiger partial charge in [-0.15, -0.1) is 0 Å². The quantitative estimate of drug-likeness (QED) is 0.776. The standard InChI is InChI=1S/C16H26N4O4S/c1-19-11-13(10-18-19)15-12-25(22,23)9-7-20(15)16(21)17-6-8-24-14-4-2-3-5-14/h10-11,14-15H,2-9,12H2,1H3,(H,17,21). The number of nitrogens with zero attached hydrogens (tertiary/aromatic N) is 3. The van der Waals surface area contributed by atoms with E-state index >= 15 is 0 Å². The van der Waals surface area contributed by atoms with Gasteiger partial charge in [0.2, 0.25) is 0 Å². The molecule has 1 atom stereocenters. The van der Waals surface area contributed by atoms with E-state index in [1.807, 2.05) is 0 Å². The predicted molar refractivity (Wildman–Crippen MR) is 92.9 cm³/mol. The van der Waals surface area contributed by atoms with E-state index in [9.17, 15) is 13.2 Å². The number of aryl methyl sites for hydroxylation is 1. The third-order valence-corrected chi connectivity index (χ3v) is 6.46. The van der Waals surface area contributed by atoms with Crippen molar-refractivity contribution >= 4 is 15.9 Å². The number of carbonyl (C=O) groups excluding carboxylic acids is 1. The van der Waals surface area contributed by atoms with Crippen LogP contribution in [-0.4, -0.2) is 66.4 Å². The second-order valence-electron chi connectivity index (χ2n) is 6.78. The average Bonchev–Trinajstić information content (AvgIpc) is 3.22. The van der Waals surface area contributed by atoms with Crippen molar-refractivity contribution in [3.63, 3.8) is 0 Å². The molecule has 140 valence electrons. The minimum atomic E-state index is -3.16. The van der Waals surface area contributed by atoms with Crippen LogP contribution >= 0.6 is 0 Å². The number of ether oxygens (including phenoxy) is 1. The van der Waals surface area contributed by atoms with Crippen molar-refractivity contribution in [1.29, 1.82) is 0 Å². The fourth-order valence-corrected chi connectivity index (χ4v) is 4.97. The number of rotatable bonds is 5. The van der Waals surface area contributed by atoms with Gasteiger partial charge in [0.15, 0.2) is 9.84 Å². The molecule has 2 fully saturated rings. The first-order valence-corrected chi connectivity index (χ1v) is 10.6. The first-order valence-electron chi connectivity index (χ1n) is 8.80.